The molecule has 0 unspecified atom stereocenters. The number of carbonyl (C=O) groups is 1. The van der Waals surface area contributed by atoms with E-state index in [9.17, 15) is 14.9 Å². The average molecular weight is 317 g/mol. The first-order valence-corrected chi connectivity index (χ1v) is 6.12. The molecule has 0 saturated heterocycles. The van der Waals surface area contributed by atoms with E-state index in [1.54, 1.807) is 0 Å². The minimum Gasteiger partial charge on any atom is -0.480 e. The number of aliphatic carboxylic acids is 1. The number of rotatable bonds is 5. The number of hydrogen-bond acceptors (Lipinski definition) is 8. The van der Waals surface area contributed by atoms with Crippen molar-refractivity contribution in [1.29, 1.82) is 0 Å². The molecule has 0 bridgehead atoms. The van der Waals surface area contributed by atoms with Crippen molar-refractivity contribution in [2.24, 2.45) is 0 Å². The number of aromatic nitrogens is 5. The zero-order chi connectivity index (χ0) is 14.7. The predicted molar refractivity (Wildman–Crippen MR) is 65.5 cm³/mol. The van der Waals surface area contributed by atoms with Crippen molar-refractivity contribution >= 4 is 35.0 Å². The van der Waals surface area contributed by atoms with Crippen LogP contribution in [0, 0.1) is 10.1 Å². The van der Waals surface area contributed by atoms with Gasteiger partial charge in [0.15, 0.2) is 5.03 Å². The van der Waals surface area contributed by atoms with Crippen LogP contribution in [0.15, 0.2) is 22.4 Å². The lowest BCUT2D eigenvalue weighted by Gasteiger charge is -2.02. The number of pyridine rings is 1. The molecular weight excluding hydrogens is 312 g/mol. The molecule has 0 atom stereocenters. The van der Waals surface area contributed by atoms with Crippen LogP contribution in [0.4, 0.5) is 5.69 Å². The van der Waals surface area contributed by atoms with Gasteiger partial charge in [0.2, 0.25) is 5.16 Å². The molecule has 0 radical (unpaired) electrons. The average Bonchev–Trinajstić information content (AvgIpc) is 2.78. The molecule has 0 amide bonds. The smallest absolute Gasteiger partial charge is 0.325 e. The van der Waals surface area contributed by atoms with Gasteiger partial charge in [-0.3, -0.25) is 14.9 Å². The molecule has 1 N–H and O–H groups in total. The maximum atomic E-state index is 10.9. The van der Waals surface area contributed by atoms with Gasteiger partial charge in [-0.2, -0.15) is 0 Å². The van der Waals surface area contributed by atoms with Crippen molar-refractivity contribution in [2.75, 3.05) is 0 Å². The maximum absolute atomic E-state index is 10.9. The van der Waals surface area contributed by atoms with Crippen molar-refractivity contribution in [3.05, 3.63) is 27.4 Å². The van der Waals surface area contributed by atoms with Crippen molar-refractivity contribution in [1.82, 2.24) is 25.2 Å². The normalized spacial score (nSPS) is 10.4. The molecule has 104 valence electrons. The van der Waals surface area contributed by atoms with E-state index in [0.29, 0.717) is 0 Å². The van der Waals surface area contributed by atoms with Crippen molar-refractivity contribution in [3.63, 3.8) is 0 Å². The van der Waals surface area contributed by atoms with Crippen molar-refractivity contribution < 1.29 is 14.8 Å². The van der Waals surface area contributed by atoms with E-state index < -0.39 is 17.4 Å². The fourth-order valence-electron chi connectivity index (χ4n) is 1.21. The van der Waals surface area contributed by atoms with Crippen LogP contribution in [0.1, 0.15) is 0 Å². The Balaban J connectivity index is 2.33. The largest absolute Gasteiger partial charge is 0.480 e. The third-order valence-electron chi connectivity index (χ3n) is 1.97. The Hall–Kier alpha value is -2.27. The monoisotopic (exact) mass is 316 g/mol. The summed E-state index contributed by atoms with van der Waals surface area (Å²) >= 11 is 6.42. The molecule has 0 aromatic carbocycles. The first kappa shape index (κ1) is 14.1. The molecular formula is C8H5ClN6O4S. The van der Waals surface area contributed by atoms with Gasteiger partial charge in [0.1, 0.15) is 6.54 Å². The van der Waals surface area contributed by atoms with Crippen molar-refractivity contribution in [3.8, 4) is 0 Å². The summed E-state index contributed by atoms with van der Waals surface area (Å²) in [5.41, 5.74) is -0.313. The van der Waals surface area contributed by atoms with Crippen LogP contribution < -0.4 is 0 Å². The van der Waals surface area contributed by atoms with Crippen LogP contribution in [0.2, 0.25) is 5.02 Å². The summed E-state index contributed by atoms with van der Waals surface area (Å²) in [6.45, 7) is -0.462. The summed E-state index contributed by atoms with van der Waals surface area (Å²) in [4.78, 5) is 24.7. The number of carboxylic acid groups (broad SMARTS) is 1. The van der Waals surface area contributed by atoms with Crippen LogP contribution in [-0.4, -0.2) is 41.2 Å². The van der Waals surface area contributed by atoms with Crippen LogP contribution in [-0.2, 0) is 11.3 Å². The molecule has 2 aromatic heterocycles. The zero-order valence-corrected chi connectivity index (χ0v) is 11.1. The molecule has 20 heavy (non-hydrogen) atoms. The number of hydrogen-bond donors (Lipinski definition) is 1. The van der Waals surface area contributed by atoms with Gasteiger partial charge in [-0.25, -0.2) is 9.67 Å². The van der Waals surface area contributed by atoms with Gasteiger partial charge in [-0.15, -0.1) is 5.10 Å². The lowest BCUT2D eigenvalue weighted by Crippen LogP contribution is -2.11. The maximum Gasteiger partial charge on any atom is 0.325 e. The van der Waals surface area contributed by atoms with Gasteiger partial charge >= 0.3 is 11.7 Å². The Morgan fingerprint density at radius 2 is 2.35 bits per heavy atom. The summed E-state index contributed by atoms with van der Waals surface area (Å²) in [5.74, 6) is -1.14. The van der Waals surface area contributed by atoms with Crippen LogP contribution in [0.5, 0.6) is 0 Å². The lowest BCUT2D eigenvalue weighted by molar-refractivity contribution is -0.388. The van der Waals surface area contributed by atoms with E-state index in [0.717, 1.165) is 22.5 Å². The summed E-state index contributed by atoms with van der Waals surface area (Å²) in [6.07, 6.45) is 1.24. The molecule has 0 spiro atoms. The molecule has 2 heterocycles. The number of halogens is 1. The van der Waals surface area contributed by atoms with Crippen LogP contribution >= 0.6 is 23.4 Å². The SMILES string of the molecule is O=C(O)Cn1nnnc1Sc1ncc(Cl)cc1[N+](=O)[O-]. The van der Waals surface area contributed by atoms with Gasteiger partial charge in [0, 0.05) is 12.3 Å². The third kappa shape index (κ3) is 3.19. The van der Waals surface area contributed by atoms with Gasteiger partial charge < -0.3 is 5.11 Å². The highest BCUT2D eigenvalue weighted by Crippen LogP contribution is 2.32. The van der Waals surface area contributed by atoms with Gasteiger partial charge in [0.25, 0.3) is 0 Å². The lowest BCUT2D eigenvalue weighted by atomic mass is 10.4. The second kappa shape index (κ2) is 5.79. The van der Waals surface area contributed by atoms with E-state index >= 15 is 0 Å². The quantitative estimate of drug-likeness (QED) is 0.628. The van der Waals surface area contributed by atoms with Gasteiger partial charge in [0.05, 0.1) is 9.95 Å². The van der Waals surface area contributed by atoms with Crippen LogP contribution in [0.25, 0.3) is 0 Å². The molecule has 2 aromatic rings. The molecule has 0 saturated carbocycles. The van der Waals surface area contributed by atoms with Gasteiger partial charge in [-0.05, 0) is 22.2 Å². The van der Waals surface area contributed by atoms with E-state index in [-0.39, 0.29) is 20.9 Å². The Bertz CT molecular complexity index is 677. The first-order valence-electron chi connectivity index (χ1n) is 4.93. The Labute approximate surface area is 119 Å². The second-order valence-electron chi connectivity index (χ2n) is 3.35. The number of nitro groups is 1. The second-order valence-corrected chi connectivity index (χ2v) is 4.74. The van der Waals surface area contributed by atoms with Crippen molar-refractivity contribution in [2.45, 2.75) is 16.7 Å². The summed E-state index contributed by atoms with van der Waals surface area (Å²) in [6, 6.07) is 1.14. The summed E-state index contributed by atoms with van der Waals surface area (Å²) in [7, 11) is 0. The fourth-order valence-corrected chi connectivity index (χ4v) is 2.16. The molecule has 2 rings (SSSR count). The number of nitrogens with zero attached hydrogens (tertiary/aromatic N) is 6. The highest BCUT2D eigenvalue weighted by molar-refractivity contribution is 7.99. The fraction of sp³-hybridized carbons (Fsp3) is 0.125. The molecule has 0 aliphatic heterocycles. The summed E-state index contributed by atoms with van der Waals surface area (Å²) < 4.78 is 0.993. The Kier molecular flexibility index (Phi) is 4.10. The minimum absolute atomic E-state index is 0.0147. The minimum atomic E-state index is -1.14. The highest BCUT2D eigenvalue weighted by Gasteiger charge is 2.20. The topological polar surface area (TPSA) is 137 Å². The summed E-state index contributed by atoms with van der Waals surface area (Å²) in [5, 5.41) is 30.2. The first-order chi connectivity index (χ1) is 9.47. The third-order valence-corrected chi connectivity index (χ3v) is 3.16. The number of tetrazole rings is 1. The number of carboxylic acids is 1. The predicted octanol–water partition coefficient (Wildman–Crippen LogP) is 0.865. The molecule has 0 fully saturated rings. The Morgan fingerprint density at radius 3 is 3.00 bits per heavy atom. The van der Waals surface area contributed by atoms with E-state index in [2.05, 4.69) is 20.5 Å². The zero-order valence-electron chi connectivity index (χ0n) is 9.50. The molecule has 0 aliphatic carbocycles. The van der Waals surface area contributed by atoms with E-state index in [4.69, 9.17) is 16.7 Å². The van der Waals surface area contributed by atoms with Crippen LogP contribution in [0.3, 0.4) is 0 Å². The Morgan fingerprint density at radius 1 is 1.60 bits per heavy atom. The highest BCUT2D eigenvalue weighted by atomic mass is 35.5. The van der Waals surface area contributed by atoms with E-state index in [1.165, 1.54) is 6.20 Å². The standard InChI is InChI=1S/C8H5ClN6O4S/c9-4-1-5(15(18)19)7(10-2-4)20-8-11-12-13-14(8)3-6(16)17/h1-2H,3H2,(H,16,17). The molecule has 10 nitrogen and oxygen atoms in total. The van der Waals surface area contributed by atoms with Gasteiger partial charge in [-0.1, -0.05) is 11.6 Å². The molecule has 12 heteroatoms. The van der Waals surface area contributed by atoms with E-state index in [1.807, 2.05) is 0 Å². The molecule has 0 aliphatic rings.